The van der Waals surface area contributed by atoms with Crippen LogP contribution in [-0.2, 0) is 0 Å². The van der Waals surface area contributed by atoms with Gasteiger partial charge in [-0.2, -0.15) is 5.26 Å². The highest BCUT2D eigenvalue weighted by Crippen LogP contribution is 2.31. The number of nitrogens with one attached hydrogen (secondary N) is 1. The van der Waals surface area contributed by atoms with E-state index in [2.05, 4.69) is 10.3 Å². The number of ether oxygens (including phenoxy) is 2. The minimum absolute atomic E-state index is 0.262. The minimum atomic E-state index is -0.650. The molecule has 0 unspecified atom stereocenters. The van der Waals surface area contributed by atoms with Crippen molar-refractivity contribution in [1.29, 1.82) is 5.26 Å². The SMILES string of the molecule is COc1ccc(Nc2ccc([N+](=O)[O-])c(C#N)n2)c(OC)c1. The Bertz CT molecular complexity index is 755. The number of benzene rings is 1. The molecule has 0 amide bonds. The van der Waals surface area contributed by atoms with E-state index in [0.29, 0.717) is 23.0 Å². The average molecular weight is 300 g/mol. The molecule has 0 aliphatic carbocycles. The fourth-order valence-corrected chi connectivity index (χ4v) is 1.79. The Kier molecular flexibility index (Phi) is 4.38. The van der Waals surface area contributed by atoms with Gasteiger partial charge in [-0.25, -0.2) is 4.98 Å². The Labute approximate surface area is 126 Å². The van der Waals surface area contributed by atoms with Crippen LogP contribution in [0.5, 0.6) is 11.5 Å². The number of anilines is 2. The van der Waals surface area contributed by atoms with Gasteiger partial charge in [-0.05, 0) is 18.2 Å². The van der Waals surface area contributed by atoms with Crippen LogP contribution in [0.1, 0.15) is 5.69 Å². The van der Waals surface area contributed by atoms with Crippen LogP contribution in [0.2, 0.25) is 0 Å². The second kappa shape index (κ2) is 6.41. The highest BCUT2D eigenvalue weighted by Gasteiger charge is 2.16. The third kappa shape index (κ3) is 3.04. The van der Waals surface area contributed by atoms with Gasteiger partial charge in [0.25, 0.3) is 0 Å². The molecule has 0 bridgehead atoms. The van der Waals surface area contributed by atoms with Gasteiger partial charge in [0.05, 0.1) is 24.8 Å². The van der Waals surface area contributed by atoms with Crippen molar-refractivity contribution in [3.05, 3.63) is 46.1 Å². The summed E-state index contributed by atoms with van der Waals surface area (Å²) < 4.78 is 10.3. The zero-order valence-corrected chi connectivity index (χ0v) is 11.9. The molecule has 0 saturated heterocycles. The van der Waals surface area contributed by atoms with E-state index in [9.17, 15) is 10.1 Å². The molecule has 8 nitrogen and oxygen atoms in total. The topological polar surface area (TPSA) is 110 Å². The maximum absolute atomic E-state index is 10.8. The molecule has 1 N–H and O–H groups in total. The van der Waals surface area contributed by atoms with Gasteiger partial charge < -0.3 is 14.8 Å². The fourth-order valence-electron chi connectivity index (χ4n) is 1.79. The van der Waals surface area contributed by atoms with Gasteiger partial charge in [-0.1, -0.05) is 0 Å². The Morgan fingerprint density at radius 3 is 2.64 bits per heavy atom. The fraction of sp³-hybridized carbons (Fsp3) is 0.143. The van der Waals surface area contributed by atoms with Crippen LogP contribution in [0.3, 0.4) is 0 Å². The molecule has 1 aromatic carbocycles. The molecule has 112 valence electrons. The van der Waals surface area contributed by atoms with Gasteiger partial charge in [-0.3, -0.25) is 10.1 Å². The van der Waals surface area contributed by atoms with Crippen LogP contribution in [0.15, 0.2) is 30.3 Å². The summed E-state index contributed by atoms with van der Waals surface area (Å²) in [6.45, 7) is 0. The number of aromatic nitrogens is 1. The molecule has 8 heteroatoms. The number of rotatable bonds is 5. The number of nitro groups is 1. The lowest BCUT2D eigenvalue weighted by Crippen LogP contribution is -2.01. The predicted octanol–water partition coefficient (Wildman–Crippen LogP) is 2.62. The number of nitriles is 1. The standard InChI is InChI=1S/C14H12N4O4/c1-21-9-3-4-10(13(7-9)22-2)16-14-6-5-12(18(19)20)11(8-15)17-14/h3-7H,1-2H3,(H,16,17). The molecule has 0 saturated carbocycles. The van der Waals surface area contributed by atoms with Gasteiger partial charge in [0.15, 0.2) is 0 Å². The maximum Gasteiger partial charge on any atom is 0.305 e. The zero-order valence-electron chi connectivity index (χ0n) is 11.9. The van der Waals surface area contributed by atoms with Gasteiger partial charge in [0.1, 0.15) is 23.4 Å². The molecule has 0 aliphatic heterocycles. The van der Waals surface area contributed by atoms with Crippen molar-refractivity contribution in [3.8, 4) is 17.6 Å². The molecular formula is C14H12N4O4. The van der Waals surface area contributed by atoms with E-state index in [1.54, 1.807) is 31.4 Å². The molecule has 1 aromatic heterocycles. The van der Waals surface area contributed by atoms with Crippen molar-refractivity contribution in [1.82, 2.24) is 4.98 Å². The van der Waals surface area contributed by atoms with E-state index in [-0.39, 0.29) is 11.4 Å². The molecule has 0 fully saturated rings. The monoisotopic (exact) mass is 300 g/mol. The minimum Gasteiger partial charge on any atom is -0.497 e. The Morgan fingerprint density at radius 2 is 2.05 bits per heavy atom. The Hall–Kier alpha value is -3.34. The summed E-state index contributed by atoms with van der Waals surface area (Å²) in [6, 6.07) is 9.47. The molecule has 22 heavy (non-hydrogen) atoms. The number of methoxy groups -OCH3 is 2. The smallest absolute Gasteiger partial charge is 0.305 e. The van der Waals surface area contributed by atoms with Crippen LogP contribution in [-0.4, -0.2) is 24.1 Å². The first-order valence-corrected chi connectivity index (χ1v) is 6.13. The lowest BCUT2D eigenvalue weighted by Gasteiger charge is -2.12. The quantitative estimate of drug-likeness (QED) is 0.667. The van der Waals surface area contributed by atoms with E-state index in [1.165, 1.54) is 19.2 Å². The van der Waals surface area contributed by atoms with E-state index in [1.807, 2.05) is 0 Å². The molecule has 1 heterocycles. The number of pyridine rings is 1. The van der Waals surface area contributed by atoms with Crippen LogP contribution < -0.4 is 14.8 Å². The molecule has 0 spiro atoms. The van der Waals surface area contributed by atoms with Crippen LogP contribution >= 0.6 is 0 Å². The van der Waals surface area contributed by atoms with Crippen molar-refractivity contribution in [3.63, 3.8) is 0 Å². The van der Waals surface area contributed by atoms with Crippen molar-refractivity contribution in [2.24, 2.45) is 0 Å². The largest absolute Gasteiger partial charge is 0.497 e. The van der Waals surface area contributed by atoms with Gasteiger partial charge >= 0.3 is 5.69 Å². The molecular weight excluding hydrogens is 288 g/mol. The lowest BCUT2D eigenvalue weighted by atomic mass is 10.2. The predicted molar refractivity (Wildman–Crippen MR) is 78.4 cm³/mol. The van der Waals surface area contributed by atoms with Crippen LogP contribution in [0.4, 0.5) is 17.2 Å². The third-order valence-electron chi connectivity index (χ3n) is 2.85. The van der Waals surface area contributed by atoms with Gasteiger partial charge in [-0.15, -0.1) is 0 Å². The van der Waals surface area contributed by atoms with Crippen molar-refractivity contribution < 1.29 is 14.4 Å². The van der Waals surface area contributed by atoms with E-state index < -0.39 is 4.92 Å². The van der Waals surface area contributed by atoms with E-state index in [4.69, 9.17) is 14.7 Å². The molecule has 0 radical (unpaired) electrons. The number of hydrogen-bond donors (Lipinski definition) is 1. The summed E-state index contributed by atoms with van der Waals surface area (Å²) in [4.78, 5) is 14.1. The van der Waals surface area contributed by atoms with Crippen molar-refractivity contribution >= 4 is 17.2 Å². The first-order chi connectivity index (χ1) is 10.6. The zero-order chi connectivity index (χ0) is 16.1. The molecule has 2 rings (SSSR count). The summed E-state index contributed by atoms with van der Waals surface area (Å²) >= 11 is 0. The highest BCUT2D eigenvalue weighted by molar-refractivity contribution is 5.66. The lowest BCUT2D eigenvalue weighted by molar-refractivity contribution is -0.385. The maximum atomic E-state index is 10.8. The van der Waals surface area contributed by atoms with Crippen LogP contribution in [0.25, 0.3) is 0 Å². The molecule has 0 atom stereocenters. The van der Waals surface area contributed by atoms with Gasteiger partial charge in [0, 0.05) is 12.1 Å². The summed E-state index contributed by atoms with van der Waals surface area (Å²) in [5.41, 5.74) is -0.00855. The summed E-state index contributed by atoms with van der Waals surface area (Å²) in [5.74, 6) is 1.43. The second-order valence-corrected chi connectivity index (χ2v) is 4.12. The molecule has 2 aromatic rings. The normalized spacial score (nSPS) is 9.68. The number of nitrogens with zero attached hydrogens (tertiary/aromatic N) is 3. The highest BCUT2D eigenvalue weighted by atomic mass is 16.6. The average Bonchev–Trinajstić information content (AvgIpc) is 2.54. The van der Waals surface area contributed by atoms with Crippen molar-refractivity contribution in [2.45, 2.75) is 0 Å². The summed E-state index contributed by atoms with van der Waals surface area (Å²) in [7, 11) is 3.04. The Balaban J connectivity index is 2.35. The second-order valence-electron chi connectivity index (χ2n) is 4.12. The third-order valence-corrected chi connectivity index (χ3v) is 2.85. The van der Waals surface area contributed by atoms with Gasteiger partial charge in [0.2, 0.25) is 5.69 Å². The van der Waals surface area contributed by atoms with Crippen LogP contribution in [0, 0.1) is 21.4 Å². The van der Waals surface area contributed by atoms with Crippen molar-refractivity contribution in [2.75, 3.05) is 19.5 Å². The number of hydrogen-bond acceptors (Lipinski definition) is 7. The molecule has 0 aliphatic rings. The Morgan fingerprint density at radius 1 is 1.27 bits per heavy atom. The summed E-state index contributed by atoms with van der Waals surface area (Å²) in [5, 5.41) is 22.7. The first-order valence-electron chi connectivity index (χ1n) is 6.13. The summed E-state index contributed by atoms with van der Waals surface area (Å²) in [6.07, 6.45) is 0. The van der Waals surface area contributed by atoms with E-state index >= 15 is 0 Å². The van der Waals surface area contributed by atoms with E-state index in [0.717, 1.165) is 0 Å². The first kappa shape index (κ1) is 15.1.